The fourth-order valence-corrected chi connectivity index (χ4v) is 4.61. The Morgan fingerprint density at radius 1 is 1.25 bits per heavy atom. The Morgan fingerprint density at radius 3 is 2.75 bits per heavy atom. The first-order chi connectivity index (χ1) is 15.1. The lowest BCUT2D eigenvalue weighted by Gasteiger charge is -2.30. The zero-order chi connectivity index (χ0) is 21.9. The first-order valence-corrected chi connectivity index (χ1v) is 12.0. The molecule has 2 fully saturated rings. The summed E-state index contributed by atoms with van der Waals surface area (Å²) in [6, 6.07) is 6.42. The maximum absolute atomic E-state index is 6.19. The van der Waals surface area contributed by atoms with Crippen molar-refractivity contribution in [3.63, 3.8) is 0 Å². The summed E-state index contributed by atoms with van der Waals surface area (Å²) < 4.78 is 17.3. The molecule has 0 radical (unpaired) electrons. The average molecular weight is 560 g/mol. The predicted octanol–water partition coefficient (Wildman–Crippen LogP) is 4.68. The van der Waals surface area contributed by atoms with Gasteiger partial charge in [-0.3, -0.25) is 4.99 Å². The van der Waals surface area contributed by atoms with Crippen molar-refractivity contribution in [2.24, 2.45) is 16.3 Å². The number of rotatable bonds is 11. The molecule has 182 valence electrons. The zero-order valence-corrected chi connectivity index (χ0v) is 22.4. The van der Waals surface area contributed by atoms with Gasteiger partial charge in [0.15, 0.2) is 5.96 Å². The fourth-order valence-electron chi connectivity index (χ4n) is 4.61. The molecule has 0 amide bonds. The molecule has 7 heteroatoms. The molecule has 1 saturated heterocycles. The molecular weight excluding hydrogens is 517 g/mol. The van der Waals surface area contributed by atoms with Crippen LogP contribution in [0.5, 0.6) is 5.75 Å². The normalized spacial score (nSPS) is 20.1. The highest BCUT2D eigenvalue weighted by Gasteiger charge is 2.33. The van der Waals surface area contributed by atoms with Crippen molar-refractivity contribution in [3.05, 3.63) is 29.3 Å². The van der Waals surface area contributed by atoms with Crippen LogP contribution >= 0.6 is 24.0 Å². The summed E-state index contributed by atoms with van der Waals surface area (Å²) in [5.41, 5.74) is 2.69. The Balaban J connectivity index is 0.00000363. The smallest absolute Gasteiger partial charge is 0.191 e. The monoisotopic (exact) mass is 559 g/mol. The number of hydrogen-bond donors (Lipinski definition) is 2. The van der Waals surface area contributed by atoms with Gasteiger partial charge < -0.3 is 24.8 Å². The number of halogens is 1. The van der Waals surface area contributed by atoms with Gasteiger partial charge >= 0.3 is 0 Å². The standard InChI is InChI=1S/C25H41N3O3.HI/c1-4-29-14-12-25(10-5-6-11-25)19-28-24(26-3)27-16-22-8-7-20(2)15-23(22)31-18-21-9-13-30-17-21;/h7-8,15,21H,4-6,9-14,16-19H2,1-3H3,(H2,26,27,28);1H. The summed E-state index contributed by atoms with van der Waals surface area (Å²) in [4.78, 5) is 4.45. The lowest BCUT2D eigenvalue weighted by Crippen LogP contribution is -2.43. The van der Waals surface area contributed by atoms with Crippen LogP contribution in [-0.2, 0) is 16.0 Å². The van der Waals surface area contributed by atoms with E-state index in [0.29, 0.717) is 24.5 Å². The van der Waals surface area contributed by atoms with Gasteiger partial charge in [-0.15, -0.1) is 24.0 Å². The lowest BCUT2D eigenvalue weighted by atomic mass is 9.83. The van der Waals surface area contributed by atoms with E-state index in [2.05, 4.69) is 47.7 Å². The Labute approximate surface area is 211 Å². The second kappa shape index (κ2) is 14.3. The Bertz CT molecular complexity index is 702. The molecule has 0 spiro atoms. The van der Waals surface area contributed by atoms with Crippen LogP contribution in [0, 0.1) is 18.3 Å². The Morgan fingerprint density at radius 2 is 2.06 bits per heavy atom. The Kier molecular flexibility index (Phi) is 12.1. The molecule has 1 aromatic rings. The highest BCUT2D eigenvalue weighted by Crippen LogP contribution is 2.40. The number of nitrogens with zero attached hydrogens (tertiary/aromatic N) is 1. The van der Waals surface area contributed by atoms with Crippen molar-refractivity contribution in [1.82, 2.24) is 10.6 Å². The van der Waals surface area contributed by atoms with Crippen molar-refractivity contribution >= 4 is 29.9 Å². The van der Waals surface area contributed by atoms with E-state index < -0.39 is 0 Å². The van der Waals surface area contributed by atoms with Gasteiger partial charge in [0, 0.05) is 51.4 Å². The number of aryl methyl sites for hydroxylation is 1. The molecular formula is C25H42IN3O3. The summed E-state index contributed by atoms with van der Waals surface area (Å²) in [5.74, 6) is 2.30. The minimum absolute atomic E-state index is 0. The fraction of sp³-hybridized carbons (Fsp3) is 0.720. The summed E-state index contributed by atoms with van der Waals surface area (Å²) in [5, 5.41) is 7.07. The van der Waals surface area contributed by atoms with Gasteiger partial charge in [0.1, 0.15) is 5.75 Å². The average Bonchev–Trinajstić information content (AvgIpc) is 3.46. The maximum Gasteiger partial charge on any atom is 0.191 e. The van der Waals surface area contributed by atoms with E-state index in [-0.39, 0.29) is 24.0 Å². The maximum atomic E-state index is 6.19. The summed E-state index contributed by atoms with van der Waals surface area (Å²) in [7, 11) is 1.84. The van der Waals surface area contributed by atoms with E-state index in [9.17, 15) is 0 Å². The van der Waals surface area contributed by atoms with Crippen LogP contribution in [0.25, 0.3) is 0 Å². The molecule has 3 rings (SSSR count). The van der Waals surface area contributed by atoms with Crippen LogP contribution in [0.2, 0.25) is 0 Å². The van der Waals surface area contributed by atoms with Crippen LogP contribution in [0.1, 0.15) is 56.6 Å². The number of guanidine groups is 1. The number of aliphatic imine (C=N–C) groups is 1. The first-order valence-electron chi connectivity index (χ1n) is 12.0. The van der Waals surface area contributed by atoms with E-state index in [4.69, 9.17) is 14.2 Å². The topological polar surface area (TPSA) is 64.1 Å². The largest absolute Gasteiger partial charge is 0.493 e. The molecule has 0 aromatic heterocycles. The van der Waals surface area contributed by atoms with Gasteiger partial charge in [0.05, 0.1) is 13.2 Å². The van der Waals surface area contributed by atoms with Crippen LogP contribution in [0.15, 0.2) is 23.2 Å². The predicted molar refractivity (Wildman–Crippen MR) is 141 cm³/mol. The molecule has 32 heavy (non-hydrogen) atoms. The molecule has 2 aliphatic rings. The van der Waals surface area contributed by atoms with Crippen molar-refractivity contribution in [3.8, 4) is 5.75 Å². The molecule has 1 aliphatic heterocycles. The summed E-state index contributed by atoms with van der Waals surface area (Å²) in [6.45, 7) is 9.81. The van der Waals surface area contributed by atoms with Crippen LogP contribution in [0.4, 0.5) is 0 Å². The SMILES string of the molecule is CCOCCC1(CNC(=NC)NCc2ccc(C)cc2OCC2CCOC2)CCCC1.I. The summed E-state index contributed by atoms with van der Waals surface area (Å²) >= 11 is 0. The van der Waals surface area contributed by atoms with Gasteiger partial charge in [-0.1, -0.05) is 25.0 Å². The van der Waals surface area contributed by atoms with Gasteiger partial charge in [0.25, 0.3) is 0 Å². The van der Waals surface area contributed by atoms with E-state index in [1.807, 2.05) is 7.05 Å². The third-order valence-electron chi connectivity index (χ3n) is 6.67. The van der Waals surface area contributed by atoms with Gasteiger partial charge in [0.2, 0.25) is 0 Å². The van der Waals surface area contributed by atoms with Crippen LogP contribution in [-0.4, -0.2) is 52.6 Å². The van der Waals surface area contributed by atoms with Crippen LogP contribution in [0.3, 0.4) is 0 Å². The number of hydrogen-bond acceptors (Lipinski definition) is 4. The van der Waals surface area contributed by atoms with Crippen LogP contribution < -0.4 is 15.4 Å². The minimum atomic E-state index is 0. The van der Waals surface area contributed by atoms with Gasteiger partial charge in [-0.2, -0.15) is 0 Å². The molecule has 1 aliphatic carbocycles. The molecule has 1 aromatic carbocycles. The third-order valence-corrected chi connectivity index (χ3v) is 6.67. The molecule has 1 saturated carbocycles. The van der Waals surface area contributed by atoms with E-state index >= 15 is 0 Å². The first kappa shape index (κ1) is 27.2. The lowest BCUT2D eigenvalue weighted by molar-refractivity contribution is 0.105. The van der Waals surface area contributed by atoms with Gasteiger partial charge in [-0.25, -0.2) is 0 Å². The van der Waals surface area contributed by atoms with Crippen molar-refractivity contribution in [1.29, 1.82) is 0 Å². The number of benzene rings is 1. The third kappa shape index (κ3) is 8.37. The molecule has 1 atom stereocenters. The minimum Gasteiger partial charge on any atom is -0.493 e. The highest BCUT2D eigenvalue weighted by atomic mass is 127. The molecule has 1 heterocycles. The van der Waals surface area contributed by atoms with Crippen molar-refractivity contribution in [2.75, 3.05) is 46.6 Å². The number of ether oxygens (including phenoxy) is 3. The van der Waals surface area contributed by atoms with E-state index in [1.165, 1.54) is 31.2 Å². The molecule has 2 N–H and O–H groups in total. The molecule has 0 bridgehead atoms. The highest BCUT2D eigenvalue weighted by molar-refractivity contribution is 14.0. The quantitative estimate of drug-likeness (QED) is 0.179. The van der Waals surface area contributed by atoms with E-state index in [0.717, 1.165) is 63.1 Å². The molecule has 1 unspecified atom stereocenters. The summed E-state index contributed by atoms with van der Waals surface area (Å²) in [6.07, 6.45) is 7.37. The van der Waals surface area contributed by atoms with E-state index in [1.54, 1.807) is 0 Å². The van der Waals surface area contributed by atoms with Crippen molar-refractivity contribution < 1.29 is 14.2 Å². The molecule has 6 nitrogen and oxygen atoms in total. The van der Waals surface area contributed by atoms with Crippen molar-refractivity contribution in [2.45, 2.75) is 58.9 Å². The van der Waals surface area contributed by atoms with Gasteiger partial charge in [-0.05, 0) is 56.6 Å². The number of nitrogens with one attached hydrogen (secondary N) is 2. The Hall–Kier alpha value is -1.06. The second-order valence-corrected chi connectivity index (χ2v) is 9.09. The second-order valence-electron chi connectivity index (χ2n) is 9.09. The zero-order valence-electron chi connectivity index (χ0n) is 20.1.